The Morgan fingerprint density at radius 2 is 1.66 bits per heavy atom. The van der Waals surface area contributed by atoms with Crippen LogP contribution in [-0.2, 0) is 52.3 Å². The van der Waals surface area contributed by atoms with Gasteiger partial charge >= 0.3 is 23.9 Å². The zero-order valence-corrected chi connectivity index (χ0v) is 33.9. The van der Waals surface area contributed by atoms with Crippen LogP contribution in [0.2, 0.25) is 0 Å². The van der Waals surface area contributed by atoms with Crippen LogP contribution in [0.15, 0.2) is 35.5 Å². The van der Waals surface area contributed by atoms with Gasteiger partial charge in [0.15, 0.2) is 17.7 Å². The van der Waals surface area contributed by atoms with Crippen molar-refractivity contribution in [1.29, 1.82) is 0 Å². The highest BCUT2D eigenvalue weighted by Crippen LogP contribution is 2.50. The van der Waals surface area contributed by atoms with Crippen molar-refractivity contribution >= 4 is 23.9 Å². The molecule has 0 radical (unpaired) electrons. The zero-order valence-electron chi connectivity index (χ0n) is 33.9. The number of aliphatic hydroxyl groups is 4. The standard InChI is InChI=1S/C41H60O15/c1-22(42)29-19-30-35-24(15-33(45)54-35)20-40(48,56-30)38(5,6)11-10-26-12-23(14-32(44)50-9)13-28(51-26)21-41(49)39(7,8)31(53-36(47)37(2,3)4)18-27(55-41)16-25(43)17-34(46)52-29/h10-11,14-15,22,25-31,35,42-43,48-49H,12-13,16-21H2,1-9H3/b11-10-,23-14?/t22-,25-,26+,27-,28+,29-,30-,31+,35+,40-,41+/m1/s1. The number of ether oxygens (including phenoxy) is 7. The number of carbonyl (C=O) groups is 4. The summed E-state index contributed by atoms with van der Waals surface area (Å²) in [6, 6.07) is 0. The van der Waals surface area contributed by atoms with Crippen molar-refractivity contribution < 1.29 is 72.8 Å². The van der Waals surface area contributed by atoms with Gasteiger partial charge in [-0.1, -0.05) is 45.4 Å². The summed E-state index contributed by atoms with van der Waals surface area (Å²) in [5.74, 6) is -6.45. The maximum Gasteiger partial charge on any atom is 0.331 e. The maximum atomic E-state index is 13.3. The minimum absolute atomic E-state index is 0.0915. The summed E-state index contributed by atoms with van der Waals surface area (Å²) in [5.41, 5.74) is -2.08. The van der Waals surface area contributed by atoms with Gasteiger partial charge in [0.25, 0.3) is 0 Å². The Balaban J connectivity index is 1.57. The van der Waals surface area contributed by atoms with Gasteiger partial charge in [-0.15, -0.1) is 0 Å². The predicted molar refractivity (Wildman–Crippen MR) is 197 cm³/mol. The van der Waals surface area contributed by atoms with Gasteiger partial charge in [-0.2, -0.15) is 0 Å². The molecule has 0 amide bonds. The summed E-state index contributed by atoms with van der Waals surface area (Å²) in [5, 5.41) is 46.7. The molecule has 3 fully saturated rings. The third-order valence-electron chi connectivity index (χ3n) is 11.9. The third-order valence-corrected chi connectivity index (χ3v) is 11.9. The van der Waals surface area contributed by atoms with Gasteiger partial charge < -0.3 is 53.6 Å². The Bertz CT molecular complexity index is 1600. The van der Waals surface area contributed by atoms with Crippen LogP contribution in [0, 0.1) is 16.2 Å². The van der Waals surface area contributed by atoms with Gasteiger partial charge in [0, 0.05) is 49.7 Å². The van der Waals surface area contributed by atoms with E-state index in [-0.39, 0.29) is 44.9 Å². The van der Waals surface area contributed by atoms with Gasteiger partial charge in [-0.3, -0.25) is 9.59 Å². The molecule has 5 aliphatic rings. The SMILES string of the molecule is COC(=O)C=C1C[C@H]2C[C@]3(O)O[C@H](C[C@@H](O)CC(=O)O[C@@H]([C@@H](C)O)C[C@H]4O[C@](O)(CC5=CC(=O)O[C@@H]54)C(C)(C)/C=C\[C@@H](C1)O2)C[C@H](OC(=O)C(C)(C)C)C3(C)C. The normalized spacial score (nSPS) is 39.5. The number of hydrogen-bond acceptors (Lipinski definition) is 15. The number of carbonyl (C=O) groups excluding carboxylic acids is 4. The fourth-order valence-electron chi connectivity index (χ4n) is 8.04. The summed E-state index contributed by atoms with van der Waals surface area (Å²) in [6.07, 6.45) is -3.16. The smallest absolute Gasteiger partial charge is 0.331 e. The van der Waals surface area contributed by atoms with Crippen molar-refractivity contribution in [2.45, 2.75) is 173 Å². The lowest BCUT2D eigenvalue weighted by atomic mass is 9.70. The second-order valence-electron chi connectivity index (χ2n) is 18.2. The van der Waals surface area contributed by atoms with E-state index in [4.69, 9.17) is 33.2 Å². The van der Waals surface area contributed by atoms with Crippen molar-refractivity contribution in [1.82, 2.24) is 0 Å². The van der Waals surface area contributed by atoms with Crippen LogP contribution in [-0.4, -0.2) is 118 Å². The van der Waals surface area contributed by atoms with Gasteiger partial charge in [0.05, 0.1) is 54.9 Å². The number of rotatable bonds is 3. The Labute approximate surface area is 328 Å². The highest BCUT2D eigenvalue weighted by atomic mass is 16.7. The van der Waals surface area contributed by atoms with Gasteiger partial charge in [-0.25, -0.2) is 9.59 Å². The monoisotopic (exact) mass is 792 g/mol. The van der Waals surface area contributed by atoms with Crippen molar-refractivity contribution in [3.8, 4) is 0 Å². The summed E-state index contributed by atoms with van der Waals surface area (Å²) >= 11 is 0. The van der Waals surface area contributed by atoms with Crippen molar-refractivity contribution in [3.63, 3.8) is 0 Å². The topological polar surface area (TPSA) is 214 Å². The summed E-state index contributed by atoms with van der Waals surface area (Å²) < 4.78 is 41.5. The average Bonchev–Trinajstić information content (AvgIpc) is 3.44. The molecule has 15 nitrogen and oxygen atoms in total. The quantitative estimate of drug-likeness (QED) is 0.140. The molecule has 5 heterocycles. The minimum atomic E-state index is -2.01. The first-order chi connectivity index (χ1) is 25.8. The third kappa shape index (κ3) is 9.57. The molecule has 56 heavy (non-hydrogen) atoms. The van der Waals surface area contributed by atoms with Gasteiger partial charge in [-0.05, 0) is 46.1 Å². The summed E-state index contributed by atoms with van der Waals surface area (Å²) in [7, 11) is 1.27. The van der Waals surface area contributed by atoms with E-state index in [9.17, 15) is 39.6 Å². The predicted octanol–water partition coefficient (Wildman–Crippen LogP) is 3.23. The Kier molecular flexibility index (Phi) is 12.7. The van der Waals surface area contributed by atoms with E-state index in [1.165, 1.54) is 26.2 Å². The Hall–Kier alpha value is -3.18. The molecule has 4 N–H and O–H groups in total. The molecule has 0 saturated carbocycles. The first-order valence-electron chi connectivity index (χ1n) is 19.4. The van der Waals surface area contributed by atoms with Crippen LogP contribution in [0.4, 0.5) is 0 Å². The van der Waals surface area contributed by atoms with Gasteiger partial charge in [0.2, 0.25) is 0 Å². The molecule has 314 valence electrons. The molecular weight excluding hydrogens is 732 g/mol. The molecule has 0 aromatic rings. The van der Waals surface area contributed by atoms with Crippen molar-refractivity contribution in [3.05, 3.63) is 35.5 Å². The number of hydrogen-bond donors (Lipinski definition) is 4. The van der Waals surface area contributed by atoms with E-state index < -0.39 is 113 Å². The van der Waals surface area contributed by atoms with Crippen molar-refractivity contribution in [2.75, 3.05) is 7.11 Å². The number of methoxy groups -OCH3 is 1. The molecule has 15 heteroatoms. The molecule has 0 aromatic heterocycles. The number of cyclic esters (lactones) is 1. The van der Waals surface area contributed by atoms with E-state index in [0.717, 1.165) is 0 Å². The average molecular weight is 793 g/mol. The summed E-state index contributed by atoms with van der Waals surface area (Å²) in [4.78, 5) is 51.5. The number of fused-ring (bicyclic) bond motifs is 8. The molecular formula is C41H60O15. The largest absolute Gasteiger partial charge is 0.466 e. The number of aliphatic hydroxyl groups excluding tert-OH is 2. The fraction of sp³-hybridized carbons (Fsp3) is 0.756. The fourth-order valence-corrected chi connectivity index (χ4v) is 8.04. The molecule has 0 aliphatic carbocycles. The lowest BCUT2D eigenvalue weighted by molar-refractivity contribution is -0.349. The first-order valence-corrected chi connectivity index (χ1v) is 19.4. The molecule has 0 unspecified atom stereocenters. The minimum Gasteiger partial charge on any atom is -0.466 e. The molecule has 0 aromatic carbocycles. The number of esters is 4. The molecule has 5 aliphatic heterocycles. The lowest BCUT2D eigenvalue weighted by Crippen LogP contribution is -2.62. The van der Waals surface area contributed by atoms with Crippen LogP contribution in [0.1, 0.15) is 107 Å². The first kappa shape index (κ1) is 43.9. The molecule has 6 bridgehead atoms. The second-order valence-corrected chi connectivity index (χ2v) is 18.2. The molecule has 3 saturated heterocycles. The van der Waals surface area contributed by atoms with Crippen LogP contribution < -0.4 is 0 Å². The Morgan fingerprint density at radius 3 is 2.30 bits per heavy atom. The van der Waals surface area contributed by atoms with Crippen molar-refractivity contribution in [2.24, 2.45) is 16.2 Å². The van der Waals surface area contributed by atoms with E-state index in [2.05, 4.69) is 0 Å². The lowest BCUT2D eigenvalue weighted by Gasteiger charge is -2.54. The van der Waals surface area contributed by atoms with Crippen LogP contribution >= 0.6 is 0 Å². The van der Waals surface area contributed by atoms with E-state index in [1.54, 1.807) is 60.6 Å². The molecule has 0 spiro atoms. The van der Waals surface area contributed by atoms with E-state index in [1.807, 2.05) is 0 Å². The molecule has 11 atom stereocenters. The van der Waals surface area contributed by atoms with E-state index >= 15 is 0 Å². The Morgan fingerprint density at radius 1 is 0.964 bits per heavy atom. The zero-order chi connectivity index (χ0) is 41.6. The van der Waals surface area contributed by atoms with Crippen LogP contribution in [0.3, 0.4) is 0 Å². The van der Waals surface area contributed by atoms with Crippen LogP contribution in [0.5, 0.6) is 0 Å². The highest BCUT2D eigenvalue weighted by Gasteiger charge is 2.59. The summed E-state index contributed by atoms with van der Waals surface area (Å²) in [6.45, 7) is 13.5. The molecule has 5 rings (SSSR count). The maximum absolute atomic E-state index is 13.3. The van der Waals surface area contributed by atoms with E-state index in [0.29, 0.717) is 11.1 Å². The van der Waals surface area contributed by atoms with Gasteiger partial charge in [0.1, 0.15) is 18.3 Å². The van der Waals surface area contributed by atoms with Crippen LogP contribution in [0.25, 0.3) is 0 Å². The second kappa shape index (κ2) is 16.2. The highest BCUT2D eigenvalue weighted by molar-refractivity contribution is 5.86.